The Balaban J connectivity index is 2.23. The third-order valence-electron chi connectivity index (χ3n) is 4.69. The van der Waals surface area contributed by atoms with Crippen molar-refractivity contribution in [3.8, 4) is 11.5 Å². The zero-order chi connectivity index (χ0) is 19.5. The molecule has 2 aromatic rings. The summed E-state index contributed by atoms with van der Waals surface area (Å²) in [6.45, 7) is 5.97. The van der Waals surface area contributed by atoms with Gasteiger partial charge in [0.05, 0.1) is 13.2 Å². The van der Waals surface area contributed by atoms with Crippen LogP contribution < -0.4 is 9.47 Å². The molecule has 0 aliphatic carbocycles. The van der Waals surface area contributed by atoms with Crippen LogP contribution in [0, 0.1) is 0 Å². The molecule has 27 heavy (non-hydrogen) atoms. The molecule has 0 fully saturated rings. The Bertz CT molecular complexity index is 628. The normalized spacial score (nSPS) is 11.4. The highest BCUT2D eigenvalue weighted by atomic mass is 79.9. The molecular formula is C23H30Br2O2. The lowest BCUT2D eigenvalue weighted by atomic mass is 9.77. The van der Waals surface area contributed by atoms with E-state index in [2.05, 4.69) is 82.1 Å². The zero-order valence-electron chi connectivity index (χ0n) is 16.3. The molecule has 0 unspecified atom stereocenters. The number of unbranched alkanes of at least 4 members (excludes halogenated alkanes) is 2. The van der Waals surface area contributed by atoms with Crippen molar-refractivity contribution in [2.75, 3.05) is 23.9 Å². The first-order valence-electron chi connectivity index (χ1n) is 9.67. The van der Waals surface area contributed by atoms with Crippen LogP contribution in [0.2, 0.25) is 0 Å². The number of para-hydroxylation sites is 2. The number of halogens is 2. The molecule has 0 aromatic heterocycles. The average Bonchev–Trinajstić information content (AvgIpc) is 2.69. The lowest BCUT2D eigenvalue weighted by Crippen LogP contribution is -2.21. The second kappa shape index (κ2) is 11.8. The lowest BCUT2D eigenvalue weighted by molar-refractivity contribution is 0.295. The molecule has 0 heterocycles. The second-order valence-corrected chi connectivity index (χ2v) is 8.69. The van der Waals surface area contributed by atoms with Gasteiger partial charge >= 0.3 is 0 Å². The topological polar surface area (TPSA) is 18.5 Å². The summed E-state index contributed by atoms with van der Waals surface area (Å²) < 4.78 is 12.3. The van der Waals surface area contributed by atoms with Gasteiger partial charge in [-0.15, -0.1) is 0 Å². The fourth-order valence-electron chi connectivity index (χ4n) is 3.12. The van der Waals surface area contributed by atoms with Gasteiger partial charge in [0.1, 0.15) is 11.5 Å². The van der Waals surface area contributed by atoms with E-state index >= 15 is 0 Å². The summed E-state index contributed by atoms with van der Waals surface area (Å²) in [5.41, 5.74) is 2.18. The minimum atomic E-state index is -0.210. The van der Waals surface area contributed by atoms with E-state index in [1.54, 1.807) is 0 Å². The van der Waals surface area contributed by atoms with E-state index in [-0.39, 0.29) is 5.41 Å². The number of hydrogen-bond acceptors (Lipinski definition) is 2. The van der Waals surface area contributed by atoms with Crippen molar-refractivity contribution in [2.24, 2.45) is 0 Å². The van der Waals surface area contributed by atoms with Crippen LogP contribution in [0.1, 0.15) is 50.7 Å². The molecule has 148 valence electrons. The van der Waals surface area contributed by atoms with Gasteiger partial charge in [-0.2, -0.15) is 0 Å². The van der Waals surface area contributed by atoms with Gasteiger partial charge < -0.3 is 9.47 Å². The van der Waals surface area contributed by atoms with Gasteiger partial charge in [0.2, 0.25) is 0 Å². The largest absolute Gasteiger partial charge is 0.493 e. The molecule has 2 nitrogen and oxygen atoms in total. The SMILES string of the molecule is CC(C)(c1ccccc1OCCCCBr)c1ccccc1OCCCCBr. The highest BCUT2D eigenvalue weighted by Gasteiger charge is 2.29. The van der Waals surface area contributed by atoms with E-state index in [1.165, 1.54) is 11.1 Å². The maximum absolute atomic E-state index is 6.13. The van der Waals surface area contributed by atoms with E-state index in [1.807, 2.05) is 12.1 Å². The molecule has 0 aliphatic heterocycles. The van der Waals surface area contributed by atoms with Crippen LogP contribution in [0.5, 0.6) is 11.5 Å². The number of hydrogen-bond donors (Lipinski definition) is 0. The number of rotatable bonds is 12. The standard InChI is InChI=1S/C23H30Br2O2/c1-23(2,19-11-3-5-13-21(19)26-17-9-7-15-24)20-12-4-6-14-22(20)27-18-10-8-16-25/h3-6,11-14H,7-10,15-18H2,1-2H3. The van der Waals surface area contributed by atoms with E-state index in [0.717, 1.165) is 61.1 Å². The van der Waals surface area contributed by atoms with Crippen LogP contribution in [0.15, 0.2) is 48.5 Å². The molecule has 0 saturated heterocycles. The molecular weight excluding hydrogens is 468 g/mol. The molecule has 0 N–H and O–H groups in total. The monoisotopic (exact) mass is 496 g/mol. The zero-order valence-corrected chi connectivity index (χ0v) is 19.5. The van der Waals surface area contributed by atoms with Crippen LogP contribution >= 0.6 is 31.9 Å². The third kappa shape index (κ3) is 6.53. The van der Waals surface area contributed by atoms with Crippen molar-refractivity contribution >= 4 is 31.9 Å². The highest BCUT2D eigenvalue weighted by Crippen LogP contribution is 2.41. The summed E-state index contributed by atoms with van der Waals surface area (Å²) in [7, 11) is 0. The third-order valence-corrected chi connectivity index (χ3v) is 5.81. The lowest BCUT2D eigenvalue weighted by Gasteiger charge is -2.30. The van der Waals surface area contributed by atoms with Gasteiger partial charge in [-0.1, -0.05) is 82.1 Å². The Morgan fingerprint density at radius 2 is 1.07 bits per heavy atom. The van der Waals surface area contributed by atoms with Crippen molar-refractivity contribution in [3.05, 3.63) is 59.7 Å². The molecule has 2 aromatic carbocycles. The molecule has 4 heteroatoms. The molecule has 0 spiro atoms. The van der Waals surface area contributed by atoms with Crippen LogP contribution in [0.25, 0.3) is 0 Å². The minimum absolute atomic E-state index is 0.210. The summed E-state index contributed by atoms with van der Waals surface area (Å²) in [5, 5.41) is 2.03. The average molecular weight is 498 g/mol. The van der Waals surface area contributed by atoms with E-state index in [4.69, 9.17) is 9.47 Å². The van der Waals surface area contributed by atoms with Crippen molar-refractivity contribution < 1.29 is 9.47 Å². The Morgan fingerprint density at radius 3 is 1.48 bits per heavy atom. The van der Waals surface area contributed by atoms with Crippen LogP contribution in [-0.2, 0) is 5.41 Å². The van der Waals surface area contributed by atoms with Crippen molar-refractivity contribution in [3.63, 3.8) is 0 Å². The Labute approximate surface area is 180 Å². The van der Waals surface area contributed by atoms with Crippen LogP contribution in [0.3, 0.4) is 0 Å². The number of benzene rings is 2. The minimum Gasteiger partial charge on any atom is -0.493 e. The predicted molar refractivity (Wildman–Crippen MR) is 122 cm³/mol. The Morgan fingerprint density at radius 1 is 0.667 bits per heavy atom. The van der Waals surface area contributed by atoms with Gasteiger partial charge in [0.15, 0.2) is 0 Å². The Kier molecular flexibility index (Phi) is 9.70. The molecule has 0 aliphatic rings. The molecule has 0 atom stereocenters. The van der Waals surface area contributed by atoms with Crippen LogP contribution in [-0.4, -0.2) is 23.9 Å². The summed E-state index contributed by atoms with van der Waals surface area (Å²) in [6.07, 6.45) is 4.34. The Hall–Kier alpha value is -1.000. The molecule has 0 saturated carbocycles. The highest BCUT2D eigenvalue weighted by molar-refractivity contribution is 9.09. The summed E-state index contributed by atoms with van der Waals surface area (Å²) in [4.78, 5) is 0. The molecule has 0 bridgehead atoms. The first-order chi connectivity index (χ1) is 13.1. The summed E-state index contributed by atoms with van der Waals surface area (Å²) in [6, 6.07) is 16.7. The first-order valence-corrected chi connectivity index (χ1v) is 11.9. The molecule has 2 rings (SSSR count). The van der Waals surface area contributed by atoms with E-state index in [0.29, 0.717) is 0 Å². The fraction of sp³-hybridized carbons (Fsp3) is 0.478. The van der Waals surface area contributed by atoms with Gasteiger partial charge in [0.25, 0.3) is 0 Å². The maximum atomic E-state index is 6.13. The van der Waals surface area contributed by atoms with Crippen molar-refractivity contribution in [2.45, 2.75) is 44.9 Å². The summed E-state index contributed by atoms with van der Waals surface area (Å²) in [5.74, 6) is 1.93. The first kappa shape index (κ1) is 22.3. The van der Waals surface area contributed by atoms with Gasteiger partial charge in [0, 0.05) is 27.2 Å². The fourth-order valence-corrected chi connectivity index (χ4v) is 3.91. The number of alkyl halides is 2. The molecule has 0 radical (unpaired) electrons. The smallest absolute Gasteiger partial charge is 0.123 e. The van der Waals surface area contributed by atoms with Gasteiger partial charge in [-0.05, 0) is 37.8 Å². The van der Waals surface area contributed by atoms with E-state index < -0.39 is 0 Å². The predicted octanol–water partition coefficient (Wildman–Crippen LogP) is 7.12. The molecule has 0 amide bonds. The maximum Gasteiger partial charge on any atom is 0.123 e. The second-order valence-electron chi connectivity index (χ2n) is 7.11. The number of ether oxygens (including phenoxy) is 2. The van der Waals surface area contributed by atoms with Gasteiger partial charge in [-0.25, -0.2) is 0 Å². The van der Waals surface area contributed by atoms with Crippen molar-refractivity contribution in [1.29, 1.82) is 0 Å². The van der Waals surface area contributed by atoms with Crippen LogP contribution in [0.4, 0.5) is 0 Å². The van der Waals surface area contributed by atoms with Crippen molar-refractivity contribution in [1.82, 2.24) is 0 Å². The van der Waals surface area contributed by atoms with Gasteiger partial charge in [-0.3, -0.25) is 0 Å². The van der Waals surface area contributed by atoms with E-state index in [9.17, 15) is 0 Å². The summed E-state index contributed by atoms with van der Waals surface area (Å²) >= 11 is 6.96. The quantitative estimate of drug-likeness (QED) is 0.229.